The molecule has 0 atom stereocenters. The highest BCUT2D eigenvalue weighted by molar-refractivity contribution is 6.35. The number of hydrogen-bond donors (Lipinski definition) is 1. The van der Waals surface area contributed by atoms with Gasteiger partial charge in [0.05, 0.1) is 16.1 Å². The van der Waals surface area contributed by atoms with Crippen LogP contribution in [0.15, 0.2) is 12.1 Å². The Balaban J connectivity index is 2.83. The molecule has 0 radical (unpaired) electrons. The third-order valence-electron chi connectivity index (χ3n) is 2.66. The first kappa shape index (κ1) is 11.4. The molecule has 4 heteroatoms. The van der Waals surface area contributed by atoms with Crippen molar-refractivity contribution < 1.29 is 0 Å². The molecule has 2 N–H and O–H groups in total. The van der Waals surface area contributed by atoms with E-state index in [0.717, 1.165) is 22.4 Å². The molecule has 0 aliphatic carbocycles. The first-order chi connectivity index (χ1) is 7.30. The zero-order chi connectivity index (χ0) is 12.1. The summed E-state index contributed by atoms with van der Waals surface area (Å²) in [6.45, 7) is 5.90. The van der Waals surface area contributed by atoms with Crippen LogP contribution in [0.1, 0.15) is 25.2 Å². The molecule has 0 spiro atoms. The van der Waals surface area contributed by atoms with Gasteiger partial charge >= 0.3 is 0 Å². The predicted molar refractivity (Wildman–Crippen MR) is 67.7 cm³/mol. The number of halogens is 1. The summed E-state index contributed by atoms with van der Waals surface area (Å²) in [6.07, 6.45) is 0. The molecule has 0 saturated carbocycles. The molecule has 2 aromatic rings. The van der Waals surface area contributed by atoms with Crippen molar-refractivity contribution >= 4 is 22.6 Å². The van der Waals surface area contributed by atoms with Gasteiger partial charge in [0.15, 0.2) is 0 Å². The highest BCUT2D eigenvalue weighted by Crippen LogP contribution is 2.28. The standard InChI is InChI=1S/C12H16ClN3/c1-7-5-8(13)10-9(6-7)16(4)11(15-10)12(2,3)14/h5-6H,14H2,1-4H3. The van der Waals surface area contributed by atoms with Gasteiger partial charge in [0.25, 0.3) is 0 Å². The fraction of sp³-hybridized carbons (Fsp3) is 0.417. The van der Waals surface area contributed by atoms with Gasteiger partial charge in [0.2, 0.25) is 0 Å². The van der Waals surface area contributed by atoms with Gasteiger partial charge in [-0.05, 0) is 38.5 Å². The molecule has 0 amide bonds. The molecule has 1 aromatic carbocycles. The van der Waals surface area contributed by atoms with Crippen LogP contribution in [-0.4, -0.2) is 9.55 Å². The summed E-state index contributed by atoms with van der Waals surface area (Å²) in [7, 11) is 1.97. The van der Waals surface area contributed by atoms with Crippen LogP contribution in [0.5, 0.6) is 0 Å². The van der Waals surface area contributed by atoms with Gasteiger partial charge in [0, 0.05) is 7.05 Å². The van der Waals surface area contributed by atoms with Crippen LogP contribution in [0.2, 0.25) is 5.02 Å². The van der Waals surface area contributed by atoms with E-state index in [2.05, 4.69) is 11.1 Å². The molecular formula is C12H16ClN3. The number of hydrogen-bond acceptors (Lipinski definition) is 2. The Morgan fingerprint density at radius 3 is 2.56 bits per heavy atom. The molecule has 86 valence electrons. The second kappa shape index (κ2) is 3.47. The third kappa shape index (κ3) is 1.70. The van der Waals surface area contributed by atoms with Crippen molar-refractivity contribution in [1.82, 2.24) is 9.55 Å². The molecule has 0 aliphatic heterocycles. The maximum absolute atomic E-state index is 6.18. The van der Waals surface area contributed by atoms with Crippen LogP contribution in [0.3, 0.4) is 0 Å². The van der Waals surface area contributed by atoms with Crippen LogP contribution in [0, 0.1) is 6.92 Å². The normalized spacial score (nSPS) is 12.4. The van der Waals surface area contributed by atoms with Gasteiger partial charge in [-0.3, -0.25) is 0 Å². The number of rotatable bonds is 1. The Hall–Kier alpha value is -1.06. The van der Waals surface area contributed by atoms with E-state index < -0.39 is 5.54 Å². The summed E-state index contributed by atoms with van der Waals surface area (Å²) in [5.74, 6) is 0.843. The molecule has 16 heavy (non-hydrogen) atoms. The smallest absolute Gasteiger partial charge is 0.129 e. The lowest BCUT2D eigenvalue weighted by atomic mass is 10.1. The second-order valence-corrected chi connectivity index (χ2v) is 5.24. The van der Waals surface area contributed by atoms with Gasteiger partial charge in [-0.1, -0.05) is 11.6 Å². The predicted octanol–water partition coefficient (Wildman–Crippen LogP) is 2.73. The number of fused-ring (bicyclic) bond motifs is 1. The minimum atomic E-state index is -0.467. The van der Waals surface area contributed by atoms with Gasteiger partial charge < -0.3 is 10.3 Å². The molecular weight excluding hydrogens is 222 g/mol. The van der Waals surface area contributed by atoms with E-state index in [1.165, 1.54) is 0 Å². The number of aromatic nitrogens is 2. The SMILES string of the molecule is Cc1cc(Cl)c2nc(C(C)(C)N)n(C)c2c1. The summed E-state index contributed by atoms with van der Waals surface area (Å²) in [6, 6.07) is 3.99. The van der Waals surface area contributed by atoms with E-state index >= 15 is 0 Å². The maximum atomic E-state index is 6.18. The molecule has 0 saturated heterocycles. The number of aryl methyl sites for hydroxylation is 2. The van der Waals surface area contributed by atoms with Crippen molar-refractivity contribution in [1.29, 1.82) is 0 Å². The van der Waals surface area contributed by atoms with E-state index in [4.69, 9.17) is 17.3 Å². The average molecular weight is 238 g/mol. The Morgan fingerprint density at radius 2 is 2.00 bits per heavy atom. The van der Waals surface area contributed by atoms with Crippen molar-refractivity contribution in [3.63, 3.8) is 0 Å². The van der Waals surface area contributed by atoms with E-state index in [-0.39, 0.29) is 0 Å². The molecule has 3 nitrogen and oxygen atoms in total. The first-order valence-corrected chi connectivity index (χ1v) is 5.60. The molecule has 0 unspecified atom stereocenters. The molecule has 1 aromatic heterocycles. The number of imidazole rings is 1. The van der Waals surface area contributed by atoms with Crippen LogP contribution in [0.4, 0.5) is 0 Å². The Morgan fingerprint density at radius 1 is 1.38 bits per heavy atom. The lowest BCUT2D eigenvalue weighted by molar-refractivity contribution is 0.498. The minimum Gasteiger partial charge on any atom is -0.330 e. The molecule has 0 fully saturated rings. The highest BCUT2D eigenvalue weighted by Gasteiger charge is 2.22. The Kier molecular flexibility index (Phi) is 2.48. The van der Waals surface area contributed by atoms with Crippen LogP contribution in [0.25, 0.3) is 11.0 Å². The molecule has 0 aliphatic rings. The summed E-state index contributed by atoms with van der Waals surface area (Å²) in [4.78, 5) is 4.53. The van der Waals surface area contributed by atoms with Crippen molar-refractivity contribution in [2.45, 2.75) is 26.3 Å². The van der Waals surface area contributed by atoms with Gasteiger partial charge in [-0.25, -0.2) is 4.98 Å². The lowest BCUT2D eigenvalue weighted by Crippen LogP contribution is -2.32. The zero-order valence-corrected chi connectivity index (χ0v) is 10.8. The van der Waals surface area contributed by atoms with Crippen molar-refractivity contribution in [3.8, 4) is 0 Å². The van der Waals surface area contributed by atoms with Crippen LogP contribution in [-0.2, 0) is 12.6 Å². The summed E-state index contributed by atoms with van der Waals surface area (Å²) >= 11 is 6.18. The minimum absolute atomic E-state index is 0.467. The monoisotopic (exact) mass is 237 g/mol. The fourth-order valence-electron chi connectivity index (χ4n) is 1.95. The van der Waals surface area contributed by atoms with Crippen molar-refractivity contribution in [2.24, 2.45) is 12.8 Å². The third-order valence-corrected chi connectivity index (χ3v) is 2.95. The van der Waals surface area contributed by atoms with E-state index in [0.29, 0.717) is 5.02 Å². The Bertz CT molecular complexity index is 549. The fourth-order valence-corrected chi connectivity index (χ4v) is 2.27. The van der Waals surface area contributed by atoms with E-state index in [1.54, 1.807) is 0 Å². The van der Waals surface area contributed by atoms with E-state index in [9.17, 15) is 0 Å². The van der Waals surface area contributed by atoms with E-state index in [1.807, 2.05) is 38.5 Å². The van der Waals surface area contributed by atoms with Crippen LogP contribution >= 0.6 is 11.6 Å². The molecule has 2 rings (SSSR count). The number of benzene rings is 1. The summed E-state index contributed by atoms with van der Waals surface area (Å²) in [5, 5.41) is 0.682. The quantitative estimate of drug-likeness (QED) is 0.829. The number of nitrogens with zero attached hydrogens (tertiary/aromatic N) is 2. The largest absolute Gasteiger partial charge is 0.330 e. The van der Waals surface area contributed by atoms with Gasteiger partial charge in [-0.15, -0.1) is 0 Å². The van der Waals surface area contributed by atoms with Crippen molar-refractivity contribution in [3.05, 3.63) is 28.5 Å². The summed E-state index contributed by atoms with van der Waals surface area (Å²) in [5.41, 5.74) is 8.59. The highest BCUT2D eigenvalue weighted by atomic mass is 35.5. The Labute approximate surface area is 100 Å². The molecule has 0 bridgehead atoms. The number of nitrogens with two attached hydrogens (primary N) is 1. The van der Waals surface area contributed by atoms with Gasteiger partial charge in [0.1, 0.15) is 11.3 Å². The van der Waals surface area contributed by atoms with Crippen molar-refractivity contribution in [2.75, 3.05) is 0 Å². The maximum Gasteiger partial charge on any atom is 0.129 e. The van der Waals surface area contributed by atoms with Gasteiger partial charge in [-0.2, -0.15) is 0 Å². The van der Waals surface area contributed by atoms with Crippen LogP contribution < -0.4 is 5.73 Å². The average Bonchev–Trinajstić information content (AvgIpc) is 2.43. The molecule has 1 heterocycles. The second-order valence-electron chi connectivity index (χ2n) is 4.83. The lowest BCUT2D eigenvalue weighted by Gasteiger charge is -2.17. The first-order valence-electron chi connectivity index (χ1n) is 5.22. The topological polar surface area (TPSA) is 43.8 Å². The zero-order valence-electron chi connectivity index (χ0n) is 10.0. The summed E-state index contributed by atoms with van der Waals surface area (Å²) < 4.78 is 2.01.